The second-order valence-electron chi connectivity index (χ2n) is 7.69. The second-order valence-corrected chi connectivity index (χ2v) is 7.69. The van der Waals surface area contributed by atoms with Gasteiger partial charge in [0.1, 0.15) is 17.9 Å². The van der Waals surface area contributed by atoms with Gasteiger partial charge in [0.2, 0.25) is 0 Å². The summed E-state index contributed by atoms with van der Waals surface area (Å²) in [5, 5.41) is 2.28. The molecule has 4 aromatic carbocycles. The van der Waals surface area contributed by atoms with Gasteiger partial charge in [-0.2, -0.15) is 0 Å². The minimum atomic E-state index is 0.829. The van der Waals surface area contributed by atoms with Crippen molar-refractivity contribution in [2.45, 2.75) is 0 Å². The van der Waals surface area contributed by atoms with Crippen LogP contribution in [-0.4, -0.2) is 26.6 Å². The highest BCUT2D eigenvalue weighted by molar-refractivity contribution is 5.88. The van der Waals surface area contributed by atoms with Gasteiger partial charge in [0, 0.05) is 11.1 Å². The number of nitrogens with one attached hydrogen (secondary N) is 1. The zero-order valence-corrected chi connectivity index (χ0v) is 17.5. The summed E-state index contributed by atoms with van der Waals surface area (Å²) in [5.74, 6) is 1.67. The van der Waals surface area contributed by atoms with Gasteiger partial charge in [0.25, 0.3) is 0 Å². The number of methoxy groups -OCH3 is 1. The molecular formula is C27H20N4O. The summed E-state index contributed by atoms with van der Waals surface area (Å²) in [6.45, 7) is 0. The van der Waals surface area contributed by atoms with Crippen LogP contribution in [0, 0.1) is 0 Å². The fourth-order valence-corrected chi connectivity index (χ4v) is 4.17. The maximum atomic E-state index is 5.38. The maximum Gasteiger partial charge on any atom is 0.137 e. The lowest BCUT2D eigenvalue weighted by Gasteiger charge is -2.10. The lowest BCUT2D eigenvalue weighted by Crippen LogP contribution is -1.95. The van der Waals surface area contributed by atoms with Crippen LogP contribution in [0.15, 0.2) is 97.5 Å². The van der Waals surface area contributed by atoms with Crippen molar-refractivity contribution in [3.63, 3.8) is 0 Å². The third-order valence-electron chi connectivity index (χ3n) is 5.80. The molecule has 0 radical (unpaired) electrons. The number of hydrogen-bond donors (Lipinski definition) is 1. The van der Waals surface area contributed by atoms with Gasteiger partial charge >= 0.3 is 0 Å². The van der Waals surface area contributed by atoms with E-state index in [9.17, 15) is 0 Å². The molecule has 0 atom stereocenters. The van der Waals surface area contributed by atoms with Crippen molar-refractivity contribution >= 4 is 21.8 Å². The number of H-pyrrole nitrogens is 1. The van der Waals surface area contributed by atoms with Gasteiger partial charge in [-0.3, -0.25) is 4.57 Å². The molecule has 2 aromatic heterocycles. The molecule has 0 saturated heterocycles. The minimum absolute atomic E-state index is 0.829. The van der Waals surface area contributed by atoms with Crippen molar-refractivity contribution in [1.29, 1.82) is 0 Å². The van der Waals surface area contributed by atoms with E-state index in [1.807, 2.05) is 55.0 Å². The van der Waals surface area contributed by atoms with Crippen LogP contribution in [0.25, 0.3) is 50.1 Å². The molecule has 1 N–H and O–H groups in total. The molecule has 0 aliphatic heterocycles. The molecule has 2 heterocycles. The monoisotopic (exact) mass is 416 g/mol. The van der Waals surface area contributed by atoms with Crippen LogP contribution >= 0.6 is 0 Å². The predicted molar refractivity (Wildman–Crippen MR) is 128 cm³/mol. The number of benzene rings is 4. The molecule has 0 aliphatic rings. The summed E-state index contributed by atoms with van der Waals surface area (Å²) in [7, 11) is 1.69. The summed E-state index contributed by atoms with van der Waals surface area (Å²) in [6.07, 6.45) is 3.76. The molecule has 0 unspecified atom stereocenters. The van der Waals surface area contributed by atoms with Crippen LogP contribution in [0.1, 0.15) is 0 Å². The van der Waals surface area contributed by atoms with Crippen LogP contribution < -0.4 is 4.74 Å². The zero-order valence-electron chi connectivity index (χ0n) is 17.5. The Morgan fingerprint density at radius 2 is 1.66 bits per heavy atom. The number of aromatic amines is 1. The van der Waals surface area contributed by atoms with Gasteiger partial charge in [0.05, 0.1) is 35.7 Å². The minimum Gasteiger partial charge on any atom is -0.497 e. The number of imidazole rings is 2. The third-order valence-corrected chi connectivity index (χ3v) is 5.80. The maximum absolute atomic E-state index is 5.38. The molecule has 32 heavy (non-hydrogen) atoms. The topological polar surface area (TPSA) is 55.7 Å². The van der Waals surface area contributed by atoms with Crippen molar-refractivity contribution in [3.05, 3.63) is 97.5 Å². The molecule has 0 saturated carbocycles. The second kappa shape index (κ2) is 7.39. The van der Waals surface area contributed by atoms with Crippen molar-refractivity contribution in [2.24, 2.45) is 0 Å². The van der Waals surface area contributed by atoms with E-state index in [1.165, 1.54) is 5.39 Å². The van der Waals surface area contributed by atoms with Gasteiger partial charge in [-0.1, -0.05) is 48.5 Å². The molecule has 0 aliphatic carbocycles. The highest BCUT2D eigenvalue weighted by Crippen LogP contribution is 2.31. The Balaban J connectivity index is 1.44. The Kier molecular flexibility index (Phi) is 4.25. The van der Waals surface area contributed by atoms with E-state index >= 15 is 0 Å². The van der Waals surface area contributed by atoms with Gasteiger partial charge in [-0.05, 0) is 47.2 Å². The quantitative estimate of drug-likeness (QED) is 0.370. The summed E-state index contributed by atoms with van der Waals surface area (Å²) < 4.78 is 7.50. The molecule has 0 bridgehead atoms. The Labute approximate surface area is 185 Å². The zero-order chi connectivity index (χ0) is 21.5. The van der Waals surface area contributed by atoms with Crippen molar-refractivity contribution < 1.29 is 4.74 Å². The first-order valence-electron chi connectivity index (χ1n) is 10.5. The summed E-state index contributed by atoms with van der Waals surface area (Å²) in [5.41, 5.74) is 6.15. The molecule has 6 aromatic rings. The Bertz CT molecular complexity index is 1580. The fourth-order valence-electron chi connectivity index (χ4n) is 4.17. The van der Waals surface area contributed by atoms with E-state index in [-0.39, 0.29) is 0 Å². The van der Waals surface area contributed by atoms with E-state index in [0.29, 0.717) is 0 Å². The largest absolute Gasteiger partial charge is 0.497 e. The average molecular weight is 416 g/mol. The van der Waals surface area contributed by atoms with Crippen LogP contribution in [0.4, 0.5) is 0 Å². The highest BCUT2D eigenvalue weighted by atomic mass is 16.5. The lowest BCUT2D eigenvalue weighted by molar-refractivity contribution is 0.415. The molecule has 6 rings (SSSR count). The smallest absolute Gasteiger partial charge is 0.137 e. The molecule has 5 heteroatoms. The Hall–Kier alpha value is -4.38. The normalized spacial score (nSPS) is 11.3. The molecular weight excluding hydrogens is 396 g/mol. The Morgan fingerprint density at radius 3 is 2.59 bits per heavy atom. The first-order valence-corrected chi connectivity index (χ1v) is 10.5. The molecule has 154 valence electrons. The van der Waals surface area contributed by atoms with Crippen LogP contribution in [-0.2, 0) is 0 Å². The van der Waals surface area contributed by atoms with Gasteiger partial charge in [-0.15, -0.1) is 0 Å². The van der Waals surface area contributed by atoms with E-state index in [0.717, 1.165) is 50.5 Å². The van der Waals surface area contributed by atoms with Crippen LogP contribution in [0.2, 0.25) is 0 Å². The molecule has 5 nitrogen and oxygen atoms in total. The highest BCUT2D eigenvalue weighted by Gasteiger charge is 2.13. The average Bonchev–Trinajstić information content (AvgIpc) is 3.51. The van der Waals surface area contributed by atoms with Crippen LogP contribution in [0.3, 0.4) is 0 Å². The summed E-state index contributed by atoms with van der Waals surface area (Å²) in [4.78, 5) is 12.8. The SMILES string of the molecule is COc1ccc2ccc(-c3ncc(-c4ccccc4-n4cnc5ccccc54)[nH]3)cc2c1. The van der Waals surface area contributed by atoms with Gasteiger partial charge < -0.3 is 9.72 Å². The van der Waals surface area contributed by atoms with Crippen molar-refractivity contribution in [1.82, 2.24) is 19.5 Å². The van der Waals surface area contributed by atoms with E-state index in [4.69, 9.17) is 4.74 Å². The van der Waals surface area contributed by atoms with Gasteiger partial charge in [0.15, 0.2) is 0 Å². The summed E-state index contributed by atoms with van der Waals surface area (Å²) in [6, 6.07) is 28.9. The Morgan fingerprint density at radius 1 is 0.812 bits per heavy atom. The number of ether oxygens (including phenoxy) is 1. The van der Waals surface area contributed by atoms with Crippen LogP contribution in [0.5, 0.6) is 5.75 Å². The lowest BCUT2D eigenvalue weighted by atomic mass is 10.1. The number of rotatable bonds is 4. The number of aromatic nitrogens is 4. The summed E-state index contributed by atoms with van der Waals surface area (Å²) >= 11 is 0. The predicted octanol–water partition coefficient (Wildman–Crippen LogP) is 6.24. The van der Waals surface area contributed by atoms with E-state index in [2.05, 4.69) is 62.0 Å². The number of hydrogen-bond acceptors (Lipinski definition) is 3. The number of nitrogens with zero attached hydrogens (tertiary/aromatic N) is 3. The number of fused-ring (bicyclic) bond motifs is 2. The van der Waals surface area contributed by atoms with Gasteiger partial charge in [-0.25, -0.2) is 9.97 Å². The van der Waals surface area contributed by atoms with E-state index < -0.39 is 0 Å². The molecule has 0 spiro atoms. The third kappa shape index (κ3) is 3.03. The molecule has 0 amide bonds. The molecule has 0 fully saturated rings. The fraction of sp³-hybridized carbons (Fsp3) is 0.0370. The van der Waals surface area contributed by atoms with Crippen molar-refractivity contribution in [3.8, 4) is 34.1 Å². The van der Waals surface area contributed by atoms with Crippen molar-refractivity contribution in [2.75, 3.05) is 7.11 Å². The van der Waals surface area contributed by atoms with E-state index in [1.54, 1.807) is 7.11 Å². The first kappa shape index (κ1) is 18.4. The standard InChI is InChI=1S/C27H20N4O/c1-32-21-13-12-18-10-11-19(14-20(18)15-21)27-28-16-24(30-27)22-6-2-4-8-25(22)31-17-29-23-7-3-5-9-26(23)31/h2-17H,1H3,(H,28,30). The number of para-hydroxylation sites is 3. The first-order chi connectivity index (χ1) is 15.8.